The minimum Gasteiger partial charge on any atom is -0.377 e. The van der Waals surface area contributed by atoms with Crippen LogP contribution in [0.4, 0.5) is 13.2 Å². The number of rotatable bonds is 6. The van der Waals surface area contributed by atoms with Crippen molar-refractivity contribution in [1.29, 1.82) is 0 Å². The average molecular weight is 359 g/mol. The van der Waals surface area contributed by atoms with Gasteiger partial charge in [-0.3, -0.25) is 4.90 Å². The van der Waals surface area contributed by atoms with Crippen molar-refractivity contribution in [2.45, 2.75) is 38.7 Å². The first kappa shape index (κ1) is 17.9. The number of fused-ring (bicyclic) bond motifs is 1. The SMILES string of the molecule is COCc1noc(CN(C)C[C@@H]2CCc3nc(C(F)(F)F)cn3C2)n1. The number of ether oxygens (including phenoxy) is 1. The molecule has 2 aromatic heterocycles. The van der Waals surface area contributed by atoms with E-state index in [2.05, 4.69) is 15.1 Å². The highest BCUT2D eigenvalue weighted by molar-refractivity contribution is 5.09. The second-order valence-corrected chi connectivity index (χ2v) is 6.33. The molecule has 2 aromatic rings. The number of aromatic nitrogens is 4. The highest BCUT2D eigenvalue weighted by atomic mass is 19.4. The molecule has 3 heterocycles. The summed E-state index contributed by atoms with van der Waals surface area (Å²) in [6, 6.07) is 0. The minimum absolute atomic E-state index is 0.245. The van der Waals surface area contributed by atoms with E-state index < -0.39 is 11.9 Å². The Balaban J connectivity index is 1.56. The summed E-state index contributed by atoms with van der Waals surface area (Å²) in [6.45, 7) is 2.03. The van der Waals surface area contributed by atoms with E-state index in [1.807, 2.05) is 11.9 Å². The maximum Gasteiger partial charge on any atom is 0.434 e. The Morgan fingerprint density at radius 1 is 1.40 bits per heavy atom. The first-order valence-corrected chi connectivity index (χ1v) is 7.97. The Kier molecular flexibility index (Phi) is 5.09. The van der Waals surface area contributed by atoms with Gasteiger partial charge in [-0.15, -0.1) is 0 Å². The Labute approximate surface area is 142 Å². The fraction of sp³-hybridized carbons (Fsp3) is 0.667. The van der Waals surface area contributed by atoms with Crippen molar-refractivity contribution in [3.8, 4) is 0 Å². The maximum absolute atomic E-state index is 12.8. The van der Waals surface area contributed by atoms with Crippen molar-refractivity contribution < 1.29 is 22.4 Å². The molecule has 1 atom stereocenters. The maximum atomic E-state index is 12.8. The van der Waals surface area contributed by atoms with Gasteiger partial charge in [0, 0.05) is 32.8 Å². The molecule has 0 saturated heterocycles. The van der Waals surface area contributed by atoms with Gasteiger partial charge in [0.15, 0.2) is 11.5 Å². The van der Waals surface area contributed by atoms with E-state index in [4.69, 9.17) is 9.26 Å². The predicted molar refractivity (Wildman–Crippen MR) is 80.4 cm³/mol. The topological polar surface area (TPSA) is 69.2 Å². The number of hydrogen-bond acceptors (Lipinski definition) is 6. The third kappa shape index (κ3) is 4.37. The average Bonchev–Trinajstić information content (AvgIpc) is 3.13. The Hall–Kier alpha value is -1.94. The highest BCUT2D eigenvalue weighted by Crippen LogP contribution is 2.30. The van der Waals surface area contributed by atoms with Crippen LogP contribution in [0.3, 0.4) is 0 Å². The number of alkyl halides is 3. The zero-order valence-electron chi connectivity index (χ0n) is 14.1. The molecule has 0 unspecified atom stereocenters. The van der Waals surface area contributed by atoms with Crippen LogP contribution in [-0.2, 0) is 37.0 Å². The fourth-order valence-electron chi connectivity index (χ4n) is 3.08. The Bertz CT molecular complexity index is 712. The van der Waals surface area contributed by atoms with Gasteiger partial charge in [-0.1, -0.05) is 5.16 Å². The lowest BCUT2D eigenvalue weighted by Crippen LogP contribution is -2.31. The van der Waals surface area contributed by atoms with E-state index in [1.165, 1.54) is 0 Å². The lowest BCUT2D eigenvalue weighted by atomic mass is 9.99. The summed E-state index contributed by atoms with van der Waals surface area (Å²) in [6.07, 6.45) is -1.93. The predicted octanol–water partition coefficient (Wildman–Crippen LogP) is 2.13. The molecule has 0 amide bonds. The van der Waals surface area contributed by atoms with Crippen molar-refractivity contribution in [2.24, 2.45) is 5.92 Å². The Morgan fingerprint density at radius 3 is 2.92 bits per heavy atom. The minimum atomic E-state index is -4.39. The van der Waals surface area contributed by atoms with Crippen molar-refractivity contribution >= 4 is 0 Å². The van der Waals surface area contributed by atoms with Gasteiger partial charge in [-0.2, -0.15) is 18.2 Å². The van der Waals surface area contributed by atoms with Crippen LogP contribution in [-0.4, -0.2) is 45.3 Å². The van der Waals surface area contributed by atoms with E-state index in [9.17, 15) is 13.2 Å². The van der Waals surface area contributed by atoms with Crippen LogP contribution in [0, 0.1) is 5.92 Å². The number of methoxy groups -OCH3 is 1. The summed E-state index contributed by atoms with van der Waals surface area (Å²) >= 11 is 0. The van der Waals surface area contributed by atoms with E-state index in [0.717, 1.165) is 19.2 Å². The summed E-state index contributed by atoms with van der Waals surface area (Å²) in [5.74, 6) is 1.74. The van der Waals surface area contributed by atoms with E-state index in [0.29, 0.717) is 43.7 Å². The number of imidazole rings is 1. The number of hydrogen-bond donors (Lipinski definition) is 0. The molecule has 0 fully saturated rings. The first-order valence-electron chi connectivity index (χ1n) is 7.97. The van der Waals surface area contributed by atoms with Gasteiger partial charge in [0.25, 0.3) is 0 Å². The summed E-state index contributed by atoms with van der Waals surface area (Å²) in [5, 5.41) is 3.80. The molecule has 3 rings (SSSR count). The molecule has 10 heteroatoms. The molecule has 0 spiro atoms. The number of nitrogens with zero attached hydrogens (tertiary/aromatic N) is 5. The Morgan fingerprint density at radius 2 is 2.20 bits per heavy atom. The summed E-state index contributed by atoms with van der Waals surface area (Å²) in [7, 11) is 3.48. The molecule has 7 nitrogen and oxygen atoms in total. The van der Waals surface area contributed by atoms with Crippen molar-refractivity contribution in [2.75, 3.05) is 20.7 Å². The van der Waals surface area contributed by atoms with Crippen LogP contribution in [0.15, 0.2) is 10.7 Å². The van der Waals surface area contributed by atoms with Gasteiger partial charge >= 0.3 is 6.18 Å². The van der Waals surface area contributed by atoms with Crippen LogP contribution < -0.4 is 0 Å². The molecular formula is C15H20F3N5O2. The summed E-state index contributed by atoms with van der Waals surface area (Å²) in [5.41, 5.74) is -0.812. The quantitative estimate of drug-likeness (QED) is 0.787. The van der Waals surface area contributed by atoms with Crippen LogP contribution in [0.2, 0.25) is 0 Å². The van der Waals surface area contributed by atoms with E-state index in [-0.39, 0.29) is 5.92 Å². The van der Waals surface area contributed by atoms with Gasteiger partial charge in [0.2, 0.25) is 5.89 Å². The largest absolute Gasteiger partial charge is 0.434 e. The zero-order valence-corrected chi connectivity index (χ0v) is 14.1. The third-order valence-corrected chi connectivity index (χ3v) is 4.14. The molecule has 1 aliphatic heterocycles. The van der Waals surface area contributed by atoms with Crippen molar-refractivity contribution in [1.82, 2.24) is 24.6 Å². The van der Waals surface area contributed by atoms with Crippen LogP contribution in [0.1, 0.15) is 29.7 Å². The molecule has 0 aromatic carbocycles. The molecule has 0 radical (unpaired) electrons. The molecule has 138 valence electrons. The normalized spacial score (nSPS) is 17.9. The lowest BCUT2D eigenvalue weighted by molar-refractivity contribution is -0.141. The zero-order chi connectivity index (χ0) is 18.0. The first-order chi connectivity index (χ1) is 11.8. The monoisotopic (exact) mass is 359 g/mol. The van der Waals surface area contributed by atoms with Crippen molar-refractivity contribution in [3.05, 3.63) is 29.4 Å². The summed E-state index contributed by atoms with van der Waals surface area (Å²) < 4.78 is 50.0. The van der Waals surface area contributed by atoms with Crippen molar-refractivity contribution in [3.63, 3.8) is 0 Å². The molecule has 0 bridgehead atoms. The van der Waals surface area contributed by atoms with Crippen LogP contribution >= 0.6 is 0 Å². The second-order valence-electron chi connectivity index (χ2n) is 6.33. The molecule has 0 N–H and O–H groups in total. The van der Waals surface area contributed by atoms with Gasteiger partial charge in [0.1, 0.15) is 12.4 Å². The number of halogens is 3. The molecule has 0 aliphatic carbocycles. The van der Waals surface area contributed by atoms with E-state index in [1.54, 1.807) is 11.7 Å². The van der Waals surface area contributed by atoms with Gasteiger partial charge < -0.3 is 13.8 Å². The standard InChI is InChI=1S/C15H20F3N5O2/c1-22(8-14-20-12(9-24-2)21-25-14)5-10-3-4-13-19-11(15(16,17)18)7-23(13)6-10/h7,10H,3-6,8-9H2,1-2H3/t10-/m0/s1. The smallest absolute Gasteiger partial charge is 0.377 e. The van der Waals surface area contributed by atoms with Crippen LogP contribution in [0.5, 0.6) is 0 Å². The fourth-order valence-corrected chi connectivity index (χ4v) is 3.08. The molecular weight excluding hydrogens is 339 g/mol. The molecule has 1 aliphatic rings. The molecule has 0 saturated carbocycles. The third-order valence-electron chi connectivity index (χ3n) is 4.14. The highest BCUT2D eigenvalue weighted by Gasteiger charge is 2.35. The van der Waals surface area contributed by atoms with Gasteiger partial charge in [-0.05, 0) is 19.4 Å². The summed E-state index contributed by atoms with van der Waals surface area (Å²) in [4.78, 5) is 9.95. The number of aryl methyl sites for hydroxylation is 1. The van der Waals surface area contributed by atoms with Gasteiger partial charge in [0.05, 0.1) is 6.54 Å². The molecule has 25 heavy (non-hydrogen) atoms. The van der Waals surface area contributed by atoms with Crippen LogP contribution in [0.25, 0.3) is 0 Å². The second kappa shape index (κ2) is 7.12. The van der Waals surface area contributed by atoms with E-state index >= 15 is 0 Å². The van der Waals surface area contributed by atoms with Gasteiger partial charge in [-0.25, -0.2) is 4.98 Å². The lowest BCUT2D eigenvalue weighted by Gasteiger charge is -2.27.